The van der Waals surface area contributed by atoms with Crippen LogP contribution < -0.4 is 0 Å². The van der Waals surface area contributed by atoms with E-state index in [1.165, 1.54) is 0 Å². The summed E-state index contributed by atoms with van der Waals surface area (Å²) in [5, 5.41) is 0.635. The van der Waals surface area contributed by atoms with Gasteiger partial charge in [0.2, 0.25) is 0 Å². The molecule has 0 fully saturated rings. The van der Waals surface area contributed by atoms with Gasteiger partial charge in [-0.3, -0.25) is 0 Å². The molecule has 1 heteroatoms. The lowest BCUT2D eigenvalue weighted by Gasteiger charge is -2.17. The van der Waals surface area contributed by atoms with Crippen LogP contribution in [0.5, 0.6) is 0 Å². The highest BCUT2D eigenvalue weighted by molar-refractivity contribution is 6.07. The molecule has 1 aromatic heterocycles. The number of hydrogen-bond donors (Lipinski definition) is 0. The second-order valence-electron chi connectivity index (χ2n) is 9.58. The second kappa shape index (κ2) is 9.80. The minimum absolute atomic E-state index is 0.0337. The SMILES string of the molecule is [2H]c1c([2H])c([2H])c(Cc2c3c([2H])c([2H])c([2H])c([2H])c3c(Cc3c([2H])c([2H])c([2H])c(-c4ccc5c(c4)oc4ccccc45)c3[2H])c3c([2H])c([2H])c([2H])c([2H])c23)c([2H])c1[2H]. The molecule has 0 saturated carbocycles. The maximum atomic E-state index is 9.43. The third kappa shape index (κ3) is 4.18. The first-order chi connectivity index (χ1) is 27.4. The topological polar surface area (TPSA) is 13.1 Å². The highest BCUT2D eigenvalue weighted by Crippen LogP contribution is 2.37. The van der Waals surface area contributed by atoms with E-state index in [2.05, 4.69) is 0 Å². The number of hydrogen-bond acceptors (Lipinski definition) is 1. The van der Waals surface area contributed by atoms with Gasteiger partial charge < -0.3 is 4.42 Å². The fraction of sp³-hybridized carbons (Fsp3) is 0.0500. The summed E-state index contributed by atoms with van der Waals surface area (Å²) in [6.45, 7) is 0. The van der Waals surface area contributed by atoms with Crippen molar-refractivity contribution in [2.45, 2.75) is 12.8 Å². The van der Waals surface area contributed by atoms with Crippen molar-refractivity contribution in [1.29, 1.82) is 0 Å². The van der Waals surface area contributed by atoms with Crippen LogP contribution in [-0.4, -0.2) is 0 Å². The largest absolute Gasteiger partial charge is 0.456 e. The summed E-state index contributed by atoms with van der Waals surface area (Å²) >= 11 is 0. The van der Waals surface area contributed by atoms with Crippen molar-refractivity contribution in [3.05, 3.63) is 167 Å². The molecule has 0 atom stereocenters. The minimum atomic E-state index is -0.705. The predicted molar refractivity (Wildman–Crippen MR) is 173 cm³/mol. The van der Waals surface area contributed by atoms with Gasteiger partial charge in [-0.2, -0.15) is 0 Å². The van der Waals surface area contributed by atoms with Gasteiger partial charge in [-0.05, 0) is 86.0 Å². The van der Waals surface area contributed by atoms with Crippen LogP contribution in [0.25, 0.3) is 54.6 Å². The number of para-hydroxylation sites is 1. The van der Waals surface area contributed by atoms with E-state index in [0.717, 1.165) is 10.8 Å². The normalized spacial score (nSPS) is 17.4. The van der Waals surface area contributed by atoms with Crippen LogP contribution in [0.1, 0.15) is 45.6 Å². The first kappa shape index (κ1) is 12.2. The van der Waals surface area contributed by atoms with Crippen LogP contribution in [0.15, 0.2) is 150 Å². The maximum Gasteiger partial charge on any atom is 0.136 e. The van der Waals surface area contributed by atoms with Crippen molar-refractivity contribution < 1.29 is 27.7 Å². The third-order valence-corrected chi connectivity index (χ3v) is 7.19. The van der Waals surface area contributed by atoms with E-state index in [0.29, 0.717) is 16.7 Å². The molecule has 0 aliphatic heterocycles. The highest BCUT2D eigenvalue weighted by Gasteiger charge is 2.15. The Morgan fingerprint density at radius 3 is 1.76 bits per heavy atom. The molecule has 0 aliphatic rings. The van der Waals surface area contributed by atoms with Gasteiger partial charge in [-0.1, -0.05) is 127 Å². The molecule has 0 radical (unpaired) electrons. The average Bonchev–Trinajstić information content (AvgIpc) is 3.59. The van der Waals surface area contributed by atoms with Gasteiger partial charge in [0.1, 0.15) is 11.2 Å². The Balaban J connectivity index is 1.48. The second-order valence-corrected chi connectivity index (χ2v) is 9.58. The first-order valence-corrected chi connectivity index (χ1v) is 12.9. The molecule has 0 bridgehead atoms. The fourth-order valence-corrected chi connectivity index (χ4v) is 5.35. The Labute approximate surface area is 263 Å². The highest BCUT2D eigenvalue weighted by atomic mass is 16.3. The van der Waals surface area contributed by atoms with Crippen LogP contribution in [0.2, 0.25) is 0 Å². The van der Waals surface area contributed by atoms with Crippen LogP contribution in [-0.2, 0) is 12.8 Å². The lowest BCUT2D eigenvalue weighted by atomic mass is 9.86. The third-order valence-electron chi connectivity index (χ3n) is 7.19. The molecule has 0 amide bonds. The summed E-state index contributed by atoms with van der Waals surface area (Å²) in [5.74, 6) is 0. The van der Waals surface area contributed by atoms with E-state index in [1.54, 1.807) is 24.3 Å². The summed E-state index contributed by atoms with van der Waals surface area (Å²) in [6, 6.07) is 1.94. The Hall–Kier alpha value is -5.14. The summed E-state index contributed by atoms with van der Waals surface area (Å²) in [4.78, 5) is 0. The molecular weight excluding hydrogens is 496 g/mol. The van der Waals surface area contributed by atoms with Gasteiger partial charge in [-0.25, -0.2) is 0 Å². The van der Waals surface area contributed by atoms with Gasteiger partial charge >= 0.3 is 0 Å². The predicted octanol–water partition coefficient (Wildman–Crippen LogP) is 10.7. The molecule has 194 valence electrons. The summed E-state index contributed by atoms with van der Waals surface area (Å²) in [5.41, 5.74) is 0.632. The van der Waals surface area contributed by atoms with Crippen molar-refractivity contribution in [3.63, 3.8) is 0 Å². The molecule has 8 aromatic rings. The maximum absolute atomic E-state index is 9.43. The fourth-order valence-electron chi connectivity index (χ4n) is 5.35. The molecule has 0 N–H and O–H groups in total. The van der Waals surface area contributed by atoms with E-state index in [-0.39, 0.29) is 55.4 Å². The summed E-state index contributed by atoms with van der Waals surface area (Å²) < 4.78 is 155. The Morgan fingerprint density at radius 2 is 1.05 bits per heavy atom. The molecule has 7 aromatic carbocycles. The van der Waals surface area contributed by atoms with Gasteiger partial charge in [0.15, 0.2) is 0 Å². The lowest BCUT2D eigenvalue weighted by molar-refractivity contribution is 0.669. The van der Waals surface area contributed by atoms with Gasteiger partial charge in [0, 0.05) is 10.8 Å². The van der Waals surface area contributed by atoms with Gasteiger partial charge in [0.05, 0.1) is 23.3 Å². The zero-order valence-corrected chi connectivity index (χ0v) is 21.4. The van der Waals surface area contributed by atoms with E-state index in [1.807, 2.05) is 18.2 Å². The van der Waals surface area contributed by atoms with E-state index < -0.39 is 110 Å². The summed E-state index contributed by atoms with van der Waals surface area (Å²) in [7, 11) is 0. The Kier molecular flexibility index (Phi) is 2.91. The van der Waals surface area contributed by atoms with Crippen LogP contribution >= 0.6 is 0 Å². The summed E-state index contributed by atoms with van der Waals surface area (Å²) in [6.07, 6.45) is -1.16. The zero-order chi connectivity index (χ0) is 42.0. The zero-order valence-electron chi connectivity index (χ0n) is 38.4. The quantitative estimate of drug-likeness (QED) is 0.198. The van der Waals surface area contributed by atoms with Crippen LogP contribution in [0.3, 0.4) is 0 Å². The molecule has 0 spiro atoms. The number of benzene rings is 7. The van der Waals surface area contributed by atoms with Gasteiger partial charge in [0.25, 0.3) is 0 Å². The van der Waals surface area contributed by atoms with Crippen molar-refractivity contribution in [2.24, 2.45) is 0 Å². The van der Waals surface area contributed by atoms with Crippen molar-refractivity contribution in [3.8, 4) is 11.1 Å². The van der Waals surface area contributed by atoms with Crippen molar-refractivity contribution in [1.82, 2.24) is 0 Å². The van der Waals surface area contributed by atoms with Crippen molar-refractivity contribution >= 4 is 43.5 Å². The monoisotopic (exact) mass is 541 g/mol. The van der Waals surface area contributed by atoms with Crippen LogP contribution in [0, 0.1) is 0 Å². The Morgan fingerprint density at radius 1 is 0.463 bits per heavy atom. The van der Waals surface area contributed by atoms with Gasteiger partial charge in [-0.15, -0.1) is 0 Å². The van der Waals surface area contributed by atoms with Crippen LogP contribution in [0.4, 0.5) is 0 Å². The lowest BCUT2D eigenvalue weighted by Crippen LogP contribution is -1.98. The van der Waals surface area contributed by atoms with E-state index in [9.17, 15) is 1.37 Å². The van der Waals surface area contributed by atoms with E-state index >= 15 is 0 Å². The smallest absolute Gasteiger partial charge is 0.136 e. The molecule has 0 unspecified atom stereocenters. The number of fused-ring (bicyclic) bond motifs is 5. The number of rotatable bonds is 5. The number of furan rings is 1. The molecule has 41 heavy (non-hydrogen) atoms. The molecule has 1 heterocycles. The first-order valence-electron chi connectivity index (χ1n) is 21.4. The molecular formula is C40H28O. The average molecular weight is 542 g/mol. The van der Waals surface area contributed by atoms with E-state index in [4.69, 9.17) is 26.3 Å². The molecule has 0 saturated heterocycles. The standard InChI is InChI=1S/C40H28O/c1-2-11-27(12-3-1)24-37-31-15-4-6-17-33(31)38(34-18-7-5-16-32(34)37)25-28-13-10-14-29(23-28)30-21-22-36-35-19-8-9-20-39(35)41-40(36)26-30/h1-23,26H,24-25H2/i1D,2D,3D,4D,5D,6D,7D,10D,11D,12D,13D,14D,15D,16D,17D,18D,23D. The molecule has 1 nitrogen and oxygen atoms in total. The molecule has 8 rings (SSSR count). The minimum Gasteiger partial charge on any atom is -0.456 e. The van der Waals surface area contributed by atoms with Crippen molar-refractivity contribution in [2.75, 3.05) is 0 Å². The Bertz CT molecular complexity index is 3040. The molecule has 0 aliphatic carbocycles.